The Morgan fingerprint density at radius 1 is 1.57 bits per heavy atom. The Morgan fingerprint density at radius 3 is 2.64 bits per heavy atom. The second-order valence-electron chi connectivity index (χ2n) is 2.63. The molecule has 74 valence electrons. The van der Waals surface area contributed by atoms with E-state index >= 15 is 0 Å². The molecule has 0 radical (unpaired) electrons. The zero-order valence-corrected chi connectivity index (χ0v) is 7.71. The summed E-state index contributed by atoms with van der Waals surface area (Å²) < 4.78 is 29.7. The fourth-order valence-corrected chi connectivity index (χ4v) is 1.09. The first-order chi connectivity index (χ1) is 6.60. The number of pyridine rings is 1. The third-order valence-corrected chi connectivity index (χ3v) is 1.80. The lowest BCUT2D eigenvalue weighted by molar-refractivity contribution is 0.144. The molecule has 0 amide bonds. The van der Waals surface area contributed by atoms with Gasteiger partial charge in [0.15, 0.2) is 0 Å². The molecule has 1 aromatic heterocycles. The molecule has 0 aliphatic rings. The van der Waals surface area contributed by atoms with Gasteiger partial charge in [-0.25, -0.2) is 13.8 Å². The molecule has 0 atom stereocenters. The minimum absolute atomic E-state index is 0.0669. The predicted octanol–water partition coefficient (Wildman–Crippen LogP) is 2.21. The van der Waals surface area contributed by atoms with Crippen molar-refractivity contribution in [2.24, 2.45) is 0 Å². The van der Waals surface area contributed by atoms with E-state index in [2.05, 4.69) is 4.98 Å². The molecule has 1 heterocycles. The van der Waals surface area contributed by atoms with Crippen molar-refractivity contribution in [3.8, 4) is 11.8 Å². The minimum Gasteiger partial charge on any atom is -0.496 e. The fourth-order valence-electron chi connectivity index (χ4n) is 1.09. The molecular formula is C9H8F2N2O. The van der Waals surface area contributed by atoms with Gasteiger partial charge in [0.25, 0.3) is 6.43 Å². The Balaban J connectivity index is 3.36. The lowest BCUT2D eigenvalue weighted by Gasteiger charge is -2.08. The average Bonchev–Trinajstić information content (AvgIpc) is 2.17. The van der Waals surface area contributed by atoms with Gasteiger partial charge in [-0.05, 0) is 6.92 Å². The summed E-state index contributed by atoms with van der Waals surface area (Å²) in [6.45, 7) is 1.48. The number of alkyl halides is 2. The van der Waals surface area contributed by atoms with E-state index < -0.39 is 12.1 Å². The van der Waals surface area contributed by atoms with Crippen LogP contribution in [0.25, 0.3) is 0 Å². The Hall–Kier alpha value is -1.70. The van der Waals surface area contributed by atoms with Crippen LogP contribution >= 0.6 is 0 Å². The highest BCUT2D eigenvalue weighted by molar-refractivity contribution is 5.41. The highest BCUT2D eigenvalue weighted by Crippen LogP contribution is 2.27. The molecule has 0 unspecified atom stereocenters. The lowest BCUT2D eigenvalue weighted by atomic mass is 10.2. The van der Waals surface area contributed by atoms with E-state index in [1.54, 1.807) is 6.07 Å². The molecular weight excluding hydrogens is 190 g/mol. The molecule has 0 aliphatic heterocycles. The molecule has 0 fully saturated rings. The van der Waals surface area contributed by atoms with E-state index in [0.29, 0.717) is 0 Å². The maximum absolute atomic E-state index is 12.4. The number of nitrogens with zero attached hydrogens (tertiary/aromatic N) is 2. The standard InChI is InChI=1S/C9H8F2N2O/c1-5-7(14-2)3-6(4-12)13-8(5)9(10)11/h3,9H,1-2H3. The van der Waals surface area contributed by atoms with Gasteiger partial charge in [0.05, 0.1) is 7.11 Å². The van der Waals surface area contributed by atoms with Crippen LogP contribution in [0.1, 0.15) is 23.4 Å². The van der Waals surface area contributed by atoms with Gasteiger partial charge in [-0.3, -0.25) is 0 Å². The molecule has 3 nitrogen and oxygen atoms in total. The van der Waals surface area contributed by atoms with Crippen LogP contribution in [0.5, 0.6) is 5.75 Å². The summed E-state index contributed by atoms with van der Waals surface area (Å²) >= 11 is 0. The third-order valence-electron chi connectivity index (χ3n) is 1.80. The van der Waals surface area contributed by atoms with E-state index in [1.807, 2.05) is 0 Å². The first-order valence-corrected chi connectivity index (χ1v) is 3.84. The summed E-state index contributed by atoms with van der Waals surface area (Å²) in [5.74, 6) is 0.256. The maximum Gasteiger partial charge on any atom is 0.280 e. The summed E-state index contributed by atoms with van der Waals surface area (Å²) in [6.07, 6.45) is -2.70. The van der Waals surface area contributed by atoms with Crippen molar-refractivity contribution in [1.29, 1.82) is 5.26 Å². The van der Waals surface area contributed by atoms with Crippen molar-refractivity contribution < 1.29 is 13.5 Å². The van der Waals surface area contributed by atoms with Gasteiger partial charge < -0.3 is 4.74 Å². The topological polar surface area (TPSA) is 45.9 Å². The third kappa shape index (κ3) is 1.79. The molecule has 14 heavy (non-hydrogen) atoms. The van der Waals surface area contributed by atoms with Gasteiger partial charge in [-0.1, -0.05) is 0 Å². The van der Waals surface area contributed by atoms with Crippen molar-refractivity contribution in [2.45, 2.75) is 13.3 Å². The van der Waals surface area contributed by atoms with E-state index in [9.17, 15) is 8.78 Å². The molecule has 0 bridgehead atoms. The summed E-state index contributed by atoms with van der Waals surface area (Å²) in [4.78, 5) is 3.51. The highest BCUT2D eigenvalue weighted by Gasteiger charge is 2.17. The molecule has 5 heteroatoms. The molecule has 0 spiro atoms. The zero-order chi connectivity index (χ0) is 10.7. The molecule has 1 rings (SSSR count). The summed E-state index contributed by atoms with van der Waals surface area (Å²) in [7, 11) is 1.36. The van der Waals surface area contributed by atoms with Crippen LogP contribution in [0, 0.1) is 18.3 Å². The second-order valence-corrected chi connectivity index (χ2v) is 2.63. The van der Waals surface area contributed by atoms with Gasteiger partial charge >= 0.3 is 0 Å². The second kappa shape index (κ2) is 4.01. The first kappa shape index (κ1) is 10.4. The van der Waals surface area contributed by atoms with Crippen LogP contribution in [-0.4, -0.2) is 12.1 Å². The van der Waals surface area contributed by atoms with Gasteiger partial charge in [0.1, 0.15) is 23.2 Å². The van der Waals surface area contributed by atoms with Crippen LogP contribution in [0.3, 0.4) is 0 Å². The molecule has 0 aromatic carbocycles. The van der Waals surface area contributed by atoms with E-state index in [-0.39, 0.29) is 17.0 Å². The Labute approximate surface area is 79.9 Å². The summed E-state index contributed by atoms with van der Waals surface area (Å²) in [6, 6.07) is 3.03. The smallest absolute Gasteiger partial charge is 0.280 e. The molecule has 0 aliphatic carbocycles. The summed E-state index contributed by atoms with van der Waals surface area (Å²) in [5, 5.41) is 8.54. The lowest BCUT2D eigenvalue weighted by Crippen LogP contribution is -2.00. The Kier molecular flexibility index (Phi) is 2.97. The highest BCUT2D eigenvalue weighted by atomic mass is 19.3. The van der Waals surface area contributed by atoms with Gasteiger partial charge in [0.2, 0.25) is 0 Å². The van der Waals surface area contributed by atoms with Crippen molar-refractivity contribution in [1.82, 2.24) is 4.98 Å². The molecule has 0 saturated heterocycles. The number of ether oxygens (including phenoxy) is 1. The van der Waals surface area contributed by atoms with E-state index in [0.717, 1.165) is 0 Å². The number of hydrogen-bond acceptors (Lipinski definition) is 3. The van der Waals surface area contributed by atoms with E-state index in [4.69, 9.17) is 10.00 Å². The largest absolute Gasteiger partial charge is 0.496 e. The number of methoxy groups -OCH3 is 1. The Bertz CT molecular complexity index is 385. The van der Waals surface area contributed by atoms with E-state index in [1.165, 1.54) is 20.1 Å². The number of nitriles is 1. The molecule has 1 aromatic rings. The number of aromatic nitrogens is 1. The van der Waals surface area contributed by atoms with Crippen LogP contribution in [-0.2, 0) is 0 Å². The van der Waals surface area contributed by atoms with Crippen LogP contribution in [0.2, 0.25) is 0 Å². The SMILES string of the molecule is COc1cc(C#N)nc(C(F)F)c1C. The van der Waals surface area contributed by atoms with Crippen molar-refractivity contribution in [3.05, 3.63) is 23.0 Å². The number of halogens is 2. The first-order valence-electron chi connectivity index (χ1n) is 3.84. The quantitative estimate of drug-likeness (QED) is 0.731. The number of hydrogen-bond donors (Lipinski definition) is 0. The van der Waals surface area contributed by atoms with Gasteiger partial charge in [-0.15, -0.1) is 0 Å². The van der Waals surface area contributed by atoms with Gasteiger partial charge in [0, 0.05) is 11.6 Å². The summed E-state index contributed by atoms with van der Waals surface area (Å²) in [5.41, 5.74) is -0.204. The number of rotatable bonds is 2. The normalized spacial score (nSPS) is 10.0. The van der Waals surface area contributed by atoms with Crippen molar-refractivity contribution >= 4 is 0 Å². The van der Waals surface area contributed by atoms with Crippen LogP contribution in [0.4, 0.5) is 8.78 Å². The molecule has 0 saturated carbocycles. The minimum atomic E-state index is -2.70. The maximum atomic E-state index is 12.4. The zero-order valence-electron chi connectivity index (χ0n) is 7.71. The van der Waals surface area contributed by atoms with Crippen molar-refractivity contribution in [3.63, 3.8) is 0 Å². The van der Waals surface area contributed by atoms with Crippen LogP contribution < -0.4 is 4.74 Å². The molecule has 0 N–H and O–H groups in total. The van der Waals surface area contributed by atoms with Crippen molar-refractivity contribution in [2.75, 3.05) is 7.11 Å². The van der Waals surface area contributed by atoms with Gasteiger partial charge in [-0.2, -0.15) is 5.26 Å². The average molecular weight is 198 g/mol. The van der Waals surface area contributed by atoms with Crippen LogP contribution in [0.15, 0.2) is 6.07 Å². The fraction of sp³-hybridized carbons (Fsp3) is 0.333. The monoisotopic (exact) mass is 198 g/mol. The Morgan fingerprint density at radius 2 is 2.21 bits per heavy atom. The predicted molar refractivity (Wildman–Crippen MR) is 45.2 cm³/mol.